The van der Waals surface area contributed by atoms with Crippen molar-refractivity contribution in [2.75, 3.05) is 27.8 Å². The van der Waals surface area contributed by atoms with Gasteiger partial charge in [-0.1, -0.05) is 36.4 Å². The minimum atomic E-state index is -0.0488. The Labute approximate surface area is 185 Å². The molecule has 2 N–H and O–H groups in total. The maximum absolute atomic E-state index is 11.3. The fraction of sp³-hybridized carbons (Fsp3) is 0.538. The number of fused-ring (bicyclic) bond motifs is 1. The van der Waals surface area contributed by atoms with Crippen molar-refractivity contribution >= 4 is 0 Å². The molecular weight excluding hydrogens is 388 g/mol. The molecule has 2 aromatic rings. The number of piperidine rings is 1. The second-order valence-corrected chi connectivity index (χ2v) is 9.60. The standard InChI is InChI=1S/C26H34N2O3/c1-28-12-11-26-15-20(27-16-17-7-5-4-6-8-17)23(31-3)14-19(26)21(28)13-18-9-10-22(30-2)25(29)24(18)26/h4-10,19-21,23,27,29H,11-16H2,1-3H3/t19-,20?,21+,23?,26-/m0/s1. The molecule has 1 aliphatic heterocycles. The van der Waals surface area contributed by atoms with E-state index >= 15 is 0 Å². The largest absolute Gasteiger partial charge is 0.504 e. The minimum Gasteiger partial charge on any atom is -0.504 e. The molecule has 2 fully saturated rings. The van der Waals surface area contributed by atoms with E-state index < -0.39 is 0 Å². The molecule has 3 aliphatic rings. The first kappa shape index (κ1) is 20.8. The lowest BCUT2D eigenvalue weighted by atomic mass is 9.51. The van der Waals surface area contributed by atoms with E-state index in [1.54, 1.807) is 7.11 Å². The molecule has 1 heterocycles. The van der Waals surface area contributed by atoms with E-state index in [-0.39, 0.29) is 17.6 Å². The molecule has 5 nitrogen and oxygen atoms in total. The first-order valence-corrected chi connectivity index (χ1v) is 11.5. The molecule has 0 spiro atoms. The molecule has 2 aliphatic carbocycles. The van der Waals surface area contributed by atoms with Crippen molar-refractivity contribution in [3.63, 3.8) is 0 Å². The maximum atomic E-state index is 11.3. The zero-order chi connectivity index (χ0) is 21.6. The number of benzene rings is 2. The van der Waals surface area contributed by atoms with Crippen molar-refractivity contribution in [3.8, 4) is 11.5 Å². The van der Waals surface area contributed by atoms with Gasteiger partial charge in [0, 0.05) is 36.7 Å². The number of rotatable bonds is 5. The number of hydrogen-bond donors (Lipinski definition) is 2. The number of methoxy groups -OCH3 is 2. The van der Waals surface area contributed by atoms with Crippen LogP contribution in [-0.2, 0) is 23.1 Å². The Morgan fingerprint density at radius 1 is 1.16 bits per heavy atom. The lowest BCUT2D eigenvalue weighted by Crippen LogP contribution is -2.65. The van der Waals surface area contributed by atoms with Crippen LogP contribution in [0.4, 0.5) is 0 Å². The predicted molar refractivity (Wildman–Crippen MR) is 122 cm³/mol. The molecule has 31 heavy (non-hydrogen) atoms. The van der Waals surface area contributed by atoms with E-state index in [9.17, 15) is 5.11 Å². The smallest absolute Gasteiger partial charge is 0.161 e. The average Bonchev–Trinajstić information content (AvgIpc) is 2.80. The van der Waals surface area contributed by atoms with Gasteiger partial charge in [-0.2, -0.15) is 0 Å². The van der Waals surface area contributed by atoms with E-state index in [1.807, 2.05) is 13.2 Å². The summed E-state index contributed by atoms with van der Waals surface area (Å²) < 4.78 is 11.6. The minimum absolute atomic E-state index is 0.0488. The highest BCUT2D eigenvalue weighted by Crippen LogP contribution is 2.59. The van der Waals surface area contributed by atoms with Gasteiger partial charge < -0.3 is 24.8 Å². The second kappa shape index (κ2) is 8.12. The highest BCUT2D eigenvalue weighted by atomic mass is 16.5. The Morgan fingerprint density at radius 2 is 1.97 bits per heavy atom. The summed E-state index contributed by atoms with van der Waals surface area (Å²) in [5, 5.41) is 15.1. The first-order chi connectivity index (χ1) is 15.1. The van der Waals surface area contributed by atoms with Gasteiger partial charge in [-0.25, -0.2) is 0 Å². The highest BCUT2D eigenvalue weighted by molar-refractivity contribution is 5.56. The maximum Gasteiger partial charge on any atom is 0.161 e. The summed E-state index contributed by atoms with van der Waals surface area (Å²) >= 11 is 0. The van der Waals surface area contributed by atoms with E-state index in [0.717, 1.165) is 44.3 Å². The molecule has 1 saturated heterocycles. The van der Waals surface area contributed by atoms with Gasteiger partial charge in [0.25, 0.3) is 0 Å². The van der Waals surface area contributed by atoms with Crippen LogP contribution in [0.2, 0.25) is 0 Å². The molecular formula is C26H34N2O3. The first-order valence-electron chi connectivity index (χ1n) is 11.5. The topological polar surface area (TPSA) is 54.0 Å². The van der Waals surface area contributed by atoms with Gasteiger partial charge in [-0.3, -0.25) is 0 Å². The third-order valence-electron chi connectivity index (χ3n) is 8.26. The number of ether oxygens (including phenoxy) is 2. The highest BCUT2D eigenvalue weighted by Gasteiger charge is 2.58. The van der Waals surface area contributed by atoms with Crippen LogP contribution in [0, 0.1) is 5.92 Å². The number of nitrogens with one attached hydrogen (secondary N) is 1. The third kappa shape index (κ3) is 3.34. The molecule has 2 unspecified atom stereocenters. The fourth-order valence-electron chi connectivity index (χ4n) is 6.73. The number of aromatic hydroxyl groups is 1. The summed E-state index contributed by atoms with van der Waals surface area (Å²) in [6.07, 6.45) is 4.19. The Kier molecular flexibility index (Phi) is 5.45. The van der Waals surface area contributed by atoms with Gasteiger partial charge in [0.2, 0.25) is 0 Å². The molecule has 2 aromatic carbocycles. The van der Waals surface area contributed by atoms with Crippen molar-refractivity contribution < 1.29 is 14.6 Å². The van der Waals surface area contributed by atoms with Crippen LogP contribution in [0.25, 0.3) is 0 Å². The number of likely N-dealkylation sites (tertiary alicyclic amines) is 1. The molecule has 166 valence electrons. The number of phenols is 1. The van der Waals surface area contributed by atoms with Crippen molar-refractivity contribution in [3.05, 3.63) is 59.2 Å². The molecule has 0 amide bonds. The average molecular weight is 423 g/mol. The van der Waals surface area contributed by atoms with E-state index in [2.05, 4.69) is 53.7 Å². The molecule has 5 atom stereocenters. The summed E-state index contributed by atoms with van der Waals surface area (Å²) in [5.74, 6) is 1.41. The summed E-state index contributed by atoms with van der Waals surface area (Å²) in [6, 6.07) is 15.4. The molecule has 0 aromatic heterocycles. The Hall–Kier alpha value is -2.08. The van der Waals surface area contributed by atoms with Crippen LogP contribution >= 0.6 is 0 Å². The summed E-state index contributed by atoms with van der Waals surface area (Å²) in [5.41, 5.74) is 3.66. The zero-order valence-electron chi connectivity index (χ0n) is 18.8. The lowest BCUT2D eigenvalue weighted by molar-refractivity contribution is -0.0700. The number of nitrogens with zero attached hydrogens (tertiary/aromatic N) is 1. The van der Waals surface area contributed by atoms with Crippen molar-refractivity contribution in [1.82, 2.24) is 10.2 Å². The van der Waals surface area contributed by atoms with Gasteiger partial charge in [-0.05, 0) is 62.4 Å². The van der Waals surface area contributed by atoms with Crippen LogP contribution < -0.4 is 10.1 Å². The Balaban J connectivity index is 1.53. The fourth-order valence-corrected chi connectivity index (χ4v) is 6.73. The second-order valence-electron chi connectivity index (χ2n) is 9.60. The predicted octanol–water partition coefficient (Wildman–Crippen LogP) is 3.48. The van der Waals surface area contributed by atoms with Crippen molar-refractivity contribution in [2.45, 2.75) is 55.8 Å². The van der Waals surface area contributed by atoms with Crippen molar-refractivity contribution in [2.24, 2.45) is 5.92 Å². The summed E-state index contributed by atoms with van der Waals surface area (Å²) in [6.45, 7) is 1.88. The van der Waals surface area contributed by atoms with E-state index in [1.165, 1.54) is 11.1 Å². The Morgan fingerprint density at radius 3 is 2.71 bits per heavy atom. The summed E-state index contributed by atoms with van der Waals surface area (Å²) in [7, 11) is 5.74. The van der Waals surface area contributed by atoms with Crippen LogP contribution in [0.15, 0.2) is 42.5 Å². The molecule has 1 saturated carbocycles. The Bertz CT molecular complexity index is 934. The quantitative estimate of drug-likeness (QED) is 0.773. The van der Waals surface area contributed by atoms with Crippen LogP contribution in [0.5, 0.6) is 11.5 Å². The van der Waals surface area contributed by atoms with Crippen LogP contribution in [0.3, 0.4) is 0 Å². The van der Waals surface area contributed by atoms with E-state index in [4.69, 9.17) is 9.47 Å². The molecule has 2 bridgehead atoms. The third-order valence-corrected chi connectivity index (χ3v) is 8.26. The molecule has 5 heteroatoms. The van der Waals surface area contributed by atoms with Crippen molar-refractivity contribution in [1.29, 1.82) is 0 Å². The number of phenolic OH excluding ortho intramolecular Hbond substituents is 1. The van der Waals surface area contributed by atoms with Gasteiger partial charge in [0.15, 0.2) is 11.5 Å². The van der Waals surface area contributed by atoms with Crippen LogP contribution in [0.1, 0.15) is 36.0 Å². The van der Waals surface area contributed by atoms with E-state index in [0.29, 0.717) is 23.5 Å². The van der Waals surface area contributed by atoms with Gasteiger partial charge in [-0.15, -0.1) is 0 Å². The molecule has 5 rings (SSSR count). The number of likely N-dealkylation sites (N-methyl/N-ethyl adjacent to an activating group) is 1. The molecule has 0 radical (unpaired) electrons. The summed E-state index contributed by atoms with van der Waals surface area (Å²) in [4.78, 5) is 2.53. The normalized spacial score (nSPS) is 32.2. The zero-order valence-corrected chi connectivity index (χ0v) is 18.8. The van der Waals surface area contributed by atoms with Gasteiger partial charge in [0.05, 0.1) is 13.2 Å². The van der Waals surface area contributed by atoms with Crippen LogP contribution in [-0.4, -0.2) is 56.0 Å². The monoisotopic (exact) mass is 422 g/mol. The van der Waals surface area contributed by atoms with Gasteiger partial charge >= 0.3 is 0 Å². The van der Waals surface area contributed by atoms with Gasteiger partial charge in [0.1, 0.15) is 0 Å². The SMILES string of the molecule is COc1ccc2c(c1O)[C@]13CCN(C)[C@H](C2)[C@@H]1CC(OC)C(NCc1ccccc1)C3. The number of hydrogen-bond acceptors (Lipinski definition) is 5. The lowest BCUT2D eigenvalue weighted by Gasteiger charge is -2.61.